The Morgan fingerprint density at radius 3 is 2.62 bits per heavy atom. The van der Waals surface area contributed by atoms with E-state index in [9.17, 15) is 4.79 Å². The minimum atomic E-state index is -0.356. The molecule has 0 spiro atoms. The molecule has 6 nitrogen and oxygen atoms in total. The van der Waals surface area contributed by atoms with E-state index in [1.165, 1.54) is 0 Å². The number of ether oxygens (including phenoxy) is 1. The van der Waals surface area contributed by atoms with Crippen LogP contribution in [0.25, 0.3) is 11.3 Å². The van der Waals surface area contributed by atoms with Crippen molar-refractivity contribution in [1.82, 2.24) is 15.0 Å². The van der Waals surface area contributed by atoms with Gasteiger partial charge in [0.2, 0.25) is 5.95 Å². The van der Waals surface area contributed by atoms with E-state index in [4.69, 9.17) is 4.74 Å². The highest BCUT2D eigenvalue weighted by molar-refractivity contribution is 5.92. The molecule has 0 saturated heterocycles. The van der Waals surface area contributed by atoms with Crippen molar-refractivity contribution in [3.05, 3.63) is 59.5 Å². The van der Waals surface area contributed by atoms with Crippen molar-refractivity contribution in [2.45, 2.75) is 20.8 Å². The van der Waals surface area contributed by atoms with E-state index in [0.717, 1.165) is 28.2 Å². The Balaban J connectivity index is 0.00000243. The third kappa shape index (κ3) is 4.21. The van der Waals surface area contributed by atoms with Crippen LogP contribution in [0.1, 0.15) is 28.7 Å². The third-order valence-electron chi connectivity index (χ3n) is 3.86. The smallest absolute Gasteiger partial charge is 0.355 e. The first-order valence-electron chi connectivity index (χ1n) is 8.12. The standard InChI is InChI=1S/C19H20N4O2.HI/c1-4-25-18(24)17-12(2)16(13(3)21-17)15-10-11-20-19(23-15)22-14-8-6-5-7-9-14;/h5-11,21H,4H2,1-3H3,(H,20,22,23);1H/p-1. The molecule has 0 aliphatic rings. The Morgan fingerprint density at radius 1 is 1.19 bits per heavy atom. The van der Waals surface area contributed by atoms with Crippen LogP contribution >= 0.6 is 0 Å². The lowest BCUT2D eigenvalue weighted by molar-refractivity contribution is -0.0000235. The van der Waals surface area contributed by atoms with Gasteiger partial charge in [0.05, 0.1) is 12.3 Å². The zero-order chi connectivity index (χ0) is 17.8. The Labute approximate surface area is 169 Å². The van der Waals surface area contributed by atoms with Crippen LogP contribution in [-0.4, -0.2) is 27.5 Å². The maximum Gasteiger partial charge on any atom is 0.355 e. The van der Waals surface area contributed by atoms with E-state index in [2.05, 4.69) is 20.3 Å². The quantitative estimate of drug-likeness (QED) is 0.437. The summed E-state index contributed by atoms with van der Waals surface area (Å²) >= 11 is 0. The van der Waals surface area contributed by atoms with Gasteiger partial charge in [0.25, 0.3) is 0 Å². The van der Waals surface area contributed by atoms with Gasteiger partial charge in [-0.05, 0) is 44.5 Å². The molecule has 2 aromatic heterocycles. The lowest BCUT2D eigenvalue weighted by Gasteiger charge is -2.07. The van der Waals surface area contributed by atoms with Crippen LogP contribution in [0.15, 0.2) is 42.6 Å². The third-order valence-corrected chi connectivity index (χ3v) is 3.86. The number of nitrogens with zero attached hydrogens (tertiary/aromatic N) is 2. The number of hydrogen-bond donors (Lipinski definition) is 2. The van der Waals surface area contributed by atoms with E-state index in [-0.39, 0.29) is 29.9 Å². The summed E-state index contributed by atoms with van der Waals surface area (Å²) in [6, 6.07) is 11.6. The summed E-state index contributed by atoms with van der Waals surface area (Å²) in [6.07, 6.45) is 1.70. The summed E-state index contributed by atoms with van der Waals surface area (Å²) in [7, 11) is 0. The van der Waals surface area contributed by atoms with Crippen molar-refractivity contribution in [2.24, 2.45) is 0 Å². The van der Waals surface area contributed by atoms with Crippen molar-refractivity contribution in [3.63, 3.8) is 0 Å². The molecule has 2 heterocycles. The highest BCUT2D eigenvalue weighted by atomic mass is 127. The number of nitrogens with one attached hydrogen (secondary N) is 2. The zero-order valence-corrected chi connectivity index (χ0v) is 17.0. The molecule has 2 N–H and O–H groups in total. The number of H-pyrrole nitrogens is 1. The molecule has 7 heteroatoms. The lowest BCUT2D eigenvalue weighted by Crippen LogP contribution is -3.00. The van der Waals surface area contributed by atoms with Crippen LogP contribution in [0.5, 0.6) is 0 Å². The van der Waals surface area contributed by atoms with Gasteiger partial charge in [-0.1, -0.05) is 18.2 Å². The average molecular weight is 463 g/mol. The van der Waals surface area contributed by atoms with Crippen molar-refractivity contribution in [3.8, 4) is 11.3 Å². The molecule has 0 saturated carbocycles. The fraction of sp³-hybridized carbons (Fsp3) is 0.211. The molecule has 0 atom stereocenters. The minimum absolute atomic E-state index is 0. The van der Waals surface area contributed by atoms with Crippen LogP contribution in [-0.2, 0) is 4.74 Å². The SMILES string of the molecule is CCOC(=O)c1[nH]c(C)c(-c2ccnc(Nc3ccccc3)n2)c1C.[I-]. The van der Waals surface area contributed by atoms with Gasteiger partial charge in [0.15, 0.2) is 0 Å². The summed E-state index contributed by atoms with van der Waals surface area (Å²) in [6.45, 7) is 5.93. The van der Waals surface area contributed by atoms with Crippen molar-refractivity contribution >= 4 is 17.6 Å². The fourth-order valence-electron chi connectivity index (χ4n) is 2.75. The van der Waals surface area contributed by atoms with Gasteiger partial charge in [-0.2, -0.15) is 0 Å². The number of hydrogen-bond acceptors (Lipinski definition) is 5. The van der Waals surface area contributed by atoms with Gasteiger partial charge in [0.1, 0.15) is 5.69 Å². The lowest BCUT2D eigenvalue weighted by atomic mass is 10.1. The number of rotatable bonds is 5. The number of aromatic amines is 1. The Bertz CT molecular complexity index is 894. The predicted octanol–water partition coefficient (Wildman–Crippen LogP) is 1.01. The number of halogens is 1. The maximum absolute atomic E-state index is 12.1. The molecule has 0 aliphatic heterocycles. The number of aryl methyl sites for hydroxylation is 1. The first kappa shape index (κ1) is 19.9. The van der Waals surface area contributed by atoms with E-state index in [1.807, 2.05) is 50.2 Å². The van der Waals surface area contributed by atoms with Crippen molar-refractivity contribution < 1.29 is 33.5 Å². The molecule has 0 radical (unpaired) electrons. The predicted molar refractivity (Wildman–Crippen MR) is 97.0 cm³/mol. The molecule has 0 bridgehead atoms. The molecule has 0 fully saturated rings. The number of carbonyl (C=O) groups is 1. The second-order valence-electron chi connectivity index (χ2n) is 5.60. The molecular weight excluding hydrogens is 443 g/mol. The Hall–Kier alpha value is -2.42. The summed E-state index contributed by atoms with van der Waals surface area (Å²) in [4.78, 5) is 24.0. The van der Waals surface area contributed by atoms with E-state index >= 15 is 0 Å². The number of para-hydroxylation sites is 1. The molecule has 26 heavy (non-hydrogen) atoms. The zero-order valence-electron chi connectivity index (χ0n) is 14.8. The van der Waals surface area contributed by atoms with Gasteiger partial charge in [-0.3, -0.25) is 0 Å². The number of benzene rings is 1. The van der Waals surface area contributed by atoms with Gasteiger partial charge in [0, 0.05) is 23.1 Å². The molecule has 3 rings (SSSR count). The molecule has 0 unspecified atom stereocenters. The summed E-state index contributed by atoms with van der Waals surface area (Å²) < 4.78 is 5.10. The Morgan fingerprint density at radius 2 is 1.92 bits per heavy atom. The van der Waals surface area contributed by atoms with Crippen LogP contribution in [0, 0.1) is 13.8 Å². The van der Waals surface area contributed by atoms with E-state index in [1.54, 1.807) is 13.1 Å². The number of carbonyl (C=O) groups excluding carboxylic acids is 1. The second kappa shape index (κ2) is 8.79. The monoisotopic (exact) mass is 463 g/mol. The van der Waals surface area contributed by atoms with Crippen molar-refractivity contribution in [2.75, 3.05) is 11.9 Å². The largest absolute Gasteiger partial charge is 1.00 e. The van der Waals surface area contributed by atoms with Crippen LogP contribution in [0.4, 0.5) is 11.6 Å². The van der Waals surface area contributed by atoms with Gasteiger partial charge in [-0.15, -0.1) is 0 Å². The van der Waals surface area contributed by atoms with E-state index < -0.39 is 0 Å². The second-order valence-corrected chi connectivity index (χ2v) is 5.60. The number of aromatic nitrogens is 3. The number of esters is 1. The van der Waals surface area contributed by atoms with Crippen molar-refractivity contribution in [1.29, 1.82) is 0 Å². The molecule has 136 valence electrons. The summed E-state index contributed by atoms with van der Waals surface area (Å²) in [5.74, 6) is 0.146. The van der Waals surface area contributed by atoms with Gasteiger partial charge in [-0.25, -0.2) is 14.8 Å². The molecule has 1 aromatic carbocycles. The first-order valence-corrected chi connectivity index (χ1v) is 8.12. The van der Waals surface area contributed by atoms with E-state index in [0.29, 0.717) is 18.2 Å². The van der Waals surface area contributed by atoms with Crippen LogP contribution < -0.4 is 29.3 Å². The molecular formula is C19H20IN4O2-. The minimum Gasteiger partial charge on any atom is -1.00 e. The normalized spacial score (nSPS) is 10.1. The van der Waals surface area contributed by atoms with Crippen LogP contribution in [0.3, 0.4) is 0 Å². The average Bonchev–Trinajstić information content (AvgIpc) is 2.91. The number of anilines is 2. The molecule has 0 amide bonds. The highest BCUT2D eigenvalue weighted by Crippen LogP contribution is 2.29. The highest BCUT2D eigenvalue weighted by Gasteiger charge is 2.20. The van der Waals surface area contributed by atoms with Gasteiger partial charge >= 0.3 is 5.97 Å². The van der Waals surface area contributed by atoms with Crippen LogP contribution in [0.2, 0.25) is 0 Å². The molecule has 0 aliphatic carbocycles. The maximum atomic E-state index is 12.1. The fourth-order valence-corrected chi connectivity index (χ4v) is 2.75. The van der Waals surface area contributed by atoms with Gasteiger partial charge < -0.3 is 39.0 Å². The topological polar surface area (TPSA) is 79.9 Å². The summed E-state index contributed by atoms with van der Waals surface area (Å²) in [5.41, 5.74) is 4.70. The summed E-state index contributed by atoms with van der Waals surface area (Å²) in [5, 5.41) is 3.18. The first-order chi connectivity index (χ1) is 12.1. The Kier molecular flexibility index (Phi) is 6.73. The molecule has 3 aromatic rings.